The number of hydrazine groups is 1. The van der Waals surface area contributed by atoms with E-state index in [1.54, 1.807) is 0 Å². The molecule has 0 aliphatic rings. The van der Waals surface area contributed by atoms with E-state index in [4.69, 9.17) is 10.6 Å². The highest BCUT2D eigenvalue weighted by Gasteiger charge is 2.11. The van der Waals surface area contributed by atoms with Crippen LogP contribution in [0.5, 0.6) is 11.6 Å². The third-order valence-electron chi connectivity index (χ3n) is 2.74. The van der Waals surface area contributed by atoms with Gasteiger partial charge in [-0.05, 0) is 37.1 Å². The van der Waals surface area contributed by atoms with Crippen LogP contribution in [0.2, 0.25) is 0 Å². The van der Waals surface area contributed by atoms with Gasteiger partial charge in [-0.2, -0.15) is 0 Å². The Hall–Kier alpha value is -1.66. The Morgan fingerprint density at radius 3 is 2.79 bits per heavy atom. The van der Waals surface area contributed by atoms with Crippen LogP contribution in [-0.4, -0.2) is 9.97 Å². The first kappa shape index (κ1) is 13.8. The van der Waals surface area contributed by atoms with Crippen molar-refractivity contribution in [3.8, 4) is 11.6 Å². The molecule has 1 aromatic carbocycles. The summed E-state index contributed by atoms with van der Waals surface area (Å²) < 4.78 is 6.86. The first-order valence-corrected chi connectivity index (χ1v) is 6.69. The Bertz CT molecular complexity index is 589. The molecular formula is C13H15BrN4O. The van der Waals surface area contributed by atoms with Crippen LogP contribution in [-0.2, 0) is 6.42 Å². The number of nitrogens with one attached hydrogen (secondary N) is 1. The standard InChI is InChI=1S/C13H15BrN4O/c1-3-10-12(18-15)16-7-17-13(10)19-9-4-5-11(14)8(2)6-9/h4-7H,3,15H2,1-2H3,(H,16,17,18). The van der Waals surface area contributed by atoms with Gasteiger partial charge >= 0.3 is 0 Å². The second-order valence-corrected chi connectivity index (χ2v) is 4.87. The fourth-order valence-corrected chi connectivity index (χ4v) is 1.97. The molecule has 0 aliphatic carbocycles. The number of nitrogens with two attached hydrogens (primary N) is 1. The van der Waals surface area contributed by atoms with Crippen molar-refractivity contribution < 1.29 is 4.74 Å². The maximum absolute atomic E-state index is 5.81. The molecule has 0 saturated heterocycles. The van der Waals surface area contributed by atoms with Gasteiger partial charge in [0.05, 0.1) is 5.56 Å². The first-order chi connectivity index (χ1) is 9.15. The number of nitrogen functional groups attached to an aromatic ring is 1. The van der Waals surface area contributed by atoms with Crippen molar-refractivity contribution in [3.63, 3.8) is 0 Å². The molecule has 3 N–H and O–H groups in total. The van der Waals surface area contributed by atoms with Crippen LogP contribution < -0.4 is 16.0 Å². The van der Waals surface area contributed by atoms with Crippen LogP contribution in [0.25, 0.3) is 0 Å². The third-order valence-corrected chi connectivity index (χ3v) is 3.63. The molecule has 5 nitrogen and oxygen atoms in total. The number of nitrogens with zero attached hydrogens (tertiary/aromatic N) is 2. The van der Waals surface area contributed by atoms with Crippen LogP contribution >= 0.6 is 15.9 Å². The molecule has 100 valence electrons. The van der Waals surface area contributed by atoms with Crippen LogP contribution in [0.4, 0.5) is 5.82 Å². The topological polar surface area (TPSA) is 73.1 Å². The highest BCUT2D eigenvalue weighted by Crippen LogP contribution is 2.29. The van der Waals surface area contributed by atoms with Crippen molar-refractivity contribution in [2.24, 2.45) is 5.84 Å². The molecule has 0 radical (unpaired) electrons. The maximum Gasteiger partial charge on any atom is 0.227 e. The molecule has 2 rings (SSSR count). The predicted molar refractivity (Wildman–Crippen MR) is 78.2 cm³/mol. The van der Waals surface area contributed by atoms with Gasteiger partial charge in [0, 0.05) is 4.47 Å². The van der Waals surface area contributed by atoms with Crippen molar-refractivity contribution in [2.45, 2.75) is 20.3 Å². The Kier molecular flexibility index (Phi) is 4.34. The molecule has 2 aromatic rings. The Balaban J connectivity index is 2.35. The van der Waals surface area contributed by atoms with E-state index < -0.39 is 0 Å². The van der Waals surface area contributed by atoms with E-state index in [2.05, 4.69) is 31.3 Å². The van der Waals surface area contributed by atoms with Gasteiger partial charge in [-0.25, -0.2) is 15.8 Å². The zero-order valence-electron chi connectivity index (χ0n) is 10.8. The Labute approximate surface area is 120 Å². The van der Waals surface area contributed by atoms with Crippen LogP contribution in [0.3, 0.4) is 0 Å². The molecule has 6 heteroatoms. The smallest absolute Gasteiger partial charge is 0.227 e. The van der Waals surface area contributed by atoms with Gasteiger partial charge in [-0.3, -0.25) is 0 Å². The van der Waals surface area contributed by atoms with Gasteiger partial charge < -0.3 is 10.2 Å². The lowest BCUT2D eigenvalue weighted by atomic mass is 10.2. The van der Waals surface area contributed by atoms with Gasteiger partial charge in [0.1, 0.15) is 17.9 Å². The normalized spacial score (nSPS) is 10.3. The van der Waals surface area contributed by atoms with E-state index in [0.717, 1.165) is 27.8 Å². The summed E-state index contributed by atoms with van der Waals surface area (Å²) in [5.41, 5.74) is 4.51. The zero-order valence-corrected chi connectivity index (χ0v) is 12.4. The maximum atomic E-state index is 5.81. The fraction of sp³-hybridized carbons (Fsp3) is 0.231. The van der Waals surface area contributed by atoms with E-state index in [-0.39, 0.29) is 0 Å². The molecule has 1 aromatic heterocycles. The lowest BCUT2D eigenvalue weighted by Gasteiger charge is -2.12. The SMILES string of the molecule is CCc1c(NN)ncnc1Oc1ccc(Br)c(C)c1. The number of ether oxygens (including phenoxy) is 1. The number of aromatic nitrogens is 2. The lowest BCUT2D eigenvalue weighted by molar-refractivity contribution is 0.455. The zero-order chi connectivity index (χ0) is 13.8. The summed E-state index contributed by atoms with van der Waals surface area (Å²) in [6.07, 6.45) is 2.15. The number of hydrogen-bond acceptors (Lipinski definition) is 5. The fourth-order valence-electron chi connectivity index (χ4n) is 1.72. The molecule has 19 heavy (non-hydrogen) atoms. The number of hydrogen-bond donors (Lipinski definition) is 2. The highest BCUT2D eigenvalue weighted by atomic mass is 79.9. The lowest BCUT2D eigenvalue weighted by Crippen LogP contribution is -2.12. The highest BCUT2D eigenvalue weighted by molar-refractivity contribution is 9.10. The number of anilines is 1. The van der Waals surface area contributed by atoms with Crippen molar-refractivity contribution in [3.05, 3.63) is 40.1 Å². The average Bonchev–Trinajstić information content (AvgIpc) is 2.42. The van der Waals surface area contributed by atoms with E-state index in [1.165, 1.54) is 6.33 Å². The number of benzene rings is 1. The molecule has 0 spiro atoms. The monoisotopic (exact) mass is 322 g/mol. The minimum absolute atomic E-state index is 0.521. The third kappa shape index (κ3) is 3.02. The molecule has 0 unspecified atom stereocenters. The van der Waals surface area contributed by atoms with E-state index in [0.29, 0.717) is 11.7 Å². The Morgan fingerprint density at radius 2 is 2.16 bits per heavy atom. The van der Waals surface area contributed by atoms with Gasteiger partial charge in [0.25, 0.3) is 0 Å². The number of halogens is 1. The molecular weight excluding hydrogens is 308 g/mol. The van der Waals surface area contributed by atoms with Crippen LogP contribution in [0, 0.1) is 6.92 Å². The second-order valence-electron chi connectivity index (χ2n) is 4.02. The summed E-state index contributed by atoms with van der Waals surface area (Å²) in [7, 11) is 0. The van der Waals surface area contributed by atoms with Crippen molar-refractivity contribution in [1.82, 2.24) is 9.97 Å². The molecule has 0 fully saturated rings. The summed E-state index contributed by atoms with van der Waals surface area (Å²) in [6.45, 7) is 4.00. The van der Waals surface area contributed by atoms with E-state index in [1.807, 2.05) is 32.0 Å². The molecule has 0 amide bonds. The molecule has 0 atom stereocenters. The van der Waals surface area contributed by atoms with Crippen LogP contribution in [0.15, 0.2) is 29.0 Å². The predicted octanol–water partition coefficient (Wildman–Crippen LogP) is 3.19. The van der Waals surface area contributed by atoms with Gasteiger partial charge in [-0.1, -0.05) is 22.9 Å². The molecule has 0 saturated carbocycles. The largest absolute Gasteiger partial charge is 0.439 e. The average molecular weight is 323 g/mol. The minimum atomic E-state index is 0.521. The summed E-state index contributed by atoms with van der Waals surface area (Å²) in [5, 5.41) is 0. The second kappa shape index (κ2) is 5.99. The van der Waals surface area contributed by atoms with Crippen molar-refractivity contribution in [1.29, 1.82) is 0 Å². The van der Waals surface area contributed by atoms with Crippen LogP contribution in [0.1, 0.15) is 18.1 Å². The number of aryl methyl sites for hydroxylation is 1. The van der Waals surface area contributed by atoms with E-state index >= 15 is 0 Å². The Morgan fingerprint density at radius 1 is 1.37 bits per heavy atom. The summed E-state index contributed by atoms with van der Waals surface area (Å²) in [4.78, 5) is 8.23. The van der Waals surface area contributed by atoms with Gasteiger partial charge in [0.15, 0.2) is 0 Å². The summed E-state index contributed by atoms with van der Waals surface area (Å²) >= 11 is 3.46. The molecule has 0 aliphatic heterocycles. The summed E-state index contributed by atoms with van der Waals surface area (Å²) in [6, 6.07) is 5.77. The van der Waals surface area contributed by atoms with Gasteiger partial charge in [0.2, 0.25) is 5.88 Å². The molecule has 1 heterocycles. The van der Waals surface area contributed by atoms with Crippen molar-refractivity contribution >= 4 is 21.7 Å². The number of rotatable bonds is 4. The first-order valence-electron chi connectivity index (χ1n) is 5.90. The van der Waals surface area contributed by atoms with Gasteiger partial charge in [-0.15, -0.1) is 0 Å². The van der Waals surface area contributed by atoms with Crippen molar-refractivity contribution in [2.75, 3.05) is 5.43 Å². The summed E-state index contributed by atoms with van der Waals surface area (Å²) in [5.74, 6) is 7.27. The molecule has 0 bridgehead atoms. The quantitative estimate of drug-likeness (QED) is 0.668. The van der Waals surface area contributed by atoms with E-state index in [9.17, 15) is 0 Å². The minimum Gasteiger partial charge on any atom is -0.439 e.